The highest BCUT2D eigenvalue weighted by Gasteiger charge is 2.28. The van der Waals surface area contributed by atoms with Crippen molar-refractivity contribution in [2.45, 2.75) is 20.0 Å². The van der Waals surface area contributed by atoms with Gasteiger partial charge in [0.15, 0.2) is 0 Å². The van der Waals surface area contributed by atoms with Gasteiger partial charge in [0.2, 0.25) is 6.17 Å². The molecule has 0 N–H and O–H groups in total. The van der Waals surface area contributed by atoms with Crippen LogP contribution in [0.2, 0.25) is 0 Å². The SMILES string of the molecule is CCOC(=O)C(F)c1c(F)ccc(C)c1F. The first-order valence-corrected chi connectivity index (χ1v) is 4.74. The van der Waals surface area contributed by atoms with Crippen molar-refractivity contribution in [1.29, 1.82) is 0 Å². The molecule has 0 aromatic heterocycles. The van der Waals surface area contributed by atoms with E-state index in [1.54, 1.807) is 0 Å². The standard InChI is InChI=1S/C11H11F3O2/c1-3-16-11(15)10(14)8-7(12)5-4-6(2)9(8)13/h4-5,10H,3H2,1-2H3. The molecular weight excluding hydrogens is 221 g/mol. The van der Waals surface area contributed by atoms with Crippen molar-refractivity contribution in [2.24, 2.45) is 0 Å². The third-order valence-electron chi connectivity index (χ3n) is 2.07. The maximum Gasteiger partial charge on any atom is 0.345 e. The summed E-state index contributed by atoms with van der Waals surface area (Å²) < 4.78 is 44.4. The quantitative estimate of drug-likeness (QED) is 0.749. The van der Waals surface area contributed by atoms with Crippen LogP contribution in [0.3, 0.4) is 0 Å². The summed E-state index contributed by atoms with van der Waals surface area (Å²) in [5.74, 6) is -3.44. The van der Waals surface area contributed by atoms with Crippen molar-refractivity contribution in [3.05, 3.63) is 34.9 Å². The minimum atomic E-state index is -2.43. The number of esters is 1. The van der Waals surface area contributed by atoms with Gasteiger partial charge in [-0.25, -0.2) is 18.0 Å². The van der Waals surface area contributed by atoms with E-state index < -0.39 is 29.3 Å². The smallest absolute Gasteiger partial charge is 0.345 e. The second-order valence-corrected chi connectivity index (χ2v) is 3.21. The largest absolute Gasteiger partial charge is 0.464 e. The van der Waals surface area contributed by atoms with E-state index in [2.05, 4.69) is 4.74 Å². The first kappa shape index (κ1) is 12.5. The second-order valence-electron chi connectivity index (χ2n) is 3.21. The molecule has 0 saturated carbocycles. The Bertz CT molecular complexity index is 404. The molecule has 88 valence electrons. The highest BCUT2D eigenvalue weighted by atomic mass is 19.2. The van der Waals surface area contributed by atoms with Gasteiger partial charge in [-0.05, 0) is 25.5 Å². The molecule has 1 aromatic carbocycles. The minimum Gasteiger partial charge on any atom is -0.464 e. The zero-order valence-electron chi connectivity index (χ0n) is 8.89. The van der Waals surface area contributed by atoms with E-state index in [1.807, 2.05) is 0 Å². The number of halogens is 3. The predicted octanol–water partition coefficient (Wildman–Crippen LogP) is 2.85. The van der Waals surface area contributed by atoms with E-state index in [-0.39, 0.29) is 12.2 Å². The fourth-order valence-corrected chi connectivity index (χ4v) is 1.24. The van der Waals surface area contributed by atoms with Crippen molar-refractivity contribution >= 4 is 5.97 Å². The number of carbonyl (C=O) groups is 1. The van der Waals surface area contributed by atoms with Crippen molar-refractivity contribution in [2.75, 3.05) is 6.61 Å². The Balaban J connectivity index is 3.12. The average molecular weight is 232 g/mol. The van der Waals surface area contributed by atoms with Gasteiger partial charge in [0.25, 0.3) is 0 Å². The topological polar surface area (TPSA) is 26.3 Å². The third-order valence-corrected chi connectivity index (χ3v) is 2.07. The average Bonchev–Trinajstić information content (AvgIpc) is 2.24. The van der Waals surface area contributed by atoms with Gasteiger partial charge >= 0.3 is 5.97 Å². The number of hydrogen-bond donors (Lipinski definition) is 0. The molecule has 0 aliphatic rings. The number of hydrogen-bond acceptors (Lipinski definition) is 2. The van der Waals surface area contributed by atoms with E-state index in [9.17, 15) is 18.0 Å². The fourth-order valence-electron chi connectivity index (χ4n) is 1.24. The lowest BCUT2D eigenvalue weighted by atomic mass is 10.1. The molecule has 0 radical (unpaired) electrons. The van der Waals surface area contributed by atoms with Crippen LogP contribution < -0.4 is 0 Å². The van der Waals surface area contributed by atoms with Crippen LogP contribution in [0.25, 0.3) is 0 Å². The summed E-state index contributed by atoms with van der Waals surface area (Å²) in [7, 11) is 0. The third kappa shape index (κ3) is 2.35. The van der Waals surface area contributed by atoms with Crippen LogP contribution in [0.15, 0.2) is 12.1 Å². The summed E-state index contributed by atoms with van der Waals surface area (Å²) in [5, 5.41) is 0. The Morgan fingerprint density at radius 1 is 1.44 bits per heavy atom. The van der Waals surface area contributed by atoms with Crippen LogP contribution in [0.1, 0.15) is 24.2 Å². The predicted molar refractivity (Wildman–Crippen MR) is 51.6 cm³/mol. The summed E-state index contributed by atoms with van der Waals surface area (Å²) >= 11 is 0. The van der Waals surface area contributed by atoms with E-state index in [0.717, 1.165) is 6.07 Å². The molecule has 0 amide bonds. The fraction of sp³-hybridized carbons (Fsp3) is 0.364. The van der Waals surface area contributed by atoms with Gasteiger partial charge < -0.3 is 4.74 Å². The van der Waals surface area contributed by atoms with Gasteiger partial charge in [-0.3, -0.25) is 0 Å². The Labute approximate surface area is 91.0 Å². The molecule has 0 fully saturated rings. The molecule has 5 heteroatoms. The van der Waals surface area contributed by atoms with E-state index in [0.29, 0.717) is 0 Å². The Hall–Kier alpha value is -1.52. The van der Waals surface area contributed by atoms with Crippen LogP contribution in [0.4, 0.5) is 13.2 Å². The summed E-state index contributed by atoms with van der Waals surface area (Å²) in [5.41, 5.74) is -0.818. The van der Waals surface area contributed by atoms with Crippen molar-refractivity contribution in [1.82, 2.24) is 0 Å². The zero-order valence-corrected chi connectivity index (χ0v) is 8.89. The zero-order chi connectivity index (χ0) is 12.3. The van der Waals surface area contributed by atoms with Crippen LogP contribution in [-0.2, 0) is 9.53 Å². The summed E-state index contributed by atoms with van der Waals surface area (Å²) in [6.07, 6.45) is -2.43. The number of benzene rings is 1. The molecule has 1 unspecified atom stereocenters. The Morgan fingerprint density at radius 2 is 2.06 bits per heavy atom. The van der Waals surface area contributed by atoms with Gasteiger partial charge in [0, 0.05) is 0 Å². The lowest BCUT2D eigenvalue weighted by molar-refractivity contribution is -0.149. The van der Waals surface area contributed by atoms with Gasteiger partial charge in [-0.2, -0.15) is 0 Å². The van der Waals surface area contributed by atoms with Crippen LogP contribution >= 0.6 is 0 Å². The molecule has 1 atom stereocenters. The van der Waals surface area contributed by atoms with Gasteiger partial charge in [-0.15, -0.1) is 0 Å². The van der Waals surface area contributed by atoms with E-state index >= 15 is 0 Å². The normalized spacial score (nSPS) is 12.3. The molecule has 0 aliphatic heterocycles. The highest BCUT2D eigenvalue weighted by Crippen LogP contribution is 2.26. The molecule has 1 aromatic rings. The number of carbonyl (C=O) groups excluding carboxylic acids is 1. The first-order chi connectivity index (χ1) is 7.49. The molecule has 0 saturated heterocycles. The number of ether oxygens (including phenoxy) is 1. The van der Waals surface area contributed by atoms with E-state index in [4.69, 9.17) is 0 Å². The molecule has 1 rings (SSSR count). The van der Waals surface area contributed by atoms with Gasteiger partial charge in [0.05, 0.1) is 12.2 Å². The van der Waals surface area contributed by atoms with Crippen molar-refractivity contribution < 1.29 is 22.7 Å². The van der Waals surface area contributed by atoms with Gasteiger partial charge in [0.1, 0.15) is 11.6 Å². The molecule has 16 heavy (non-hydrogen) atoms. The highest BCUT2D eigenvalue weighted by molar-refractivity contribution is 5.76. The molecule has 0 bridgehead atoms. The van der Waals surface area contributed by atoms with E-state index in [1.165, 1.54) is 19.9 Å². The maximum atomic E-state index is 13.5. The summed E-state index contributed by atoms with van der Waals surface area (Å²) in [6.45, 7) is 2.79. The maximum absolute atomic E-state index is 13.5. The monoisotopic (exact) mass is 232 g/mol. The molecule has 2 nitrogen and oxygen atoms in total. The lowest BCUT2D eigenvalue weighted by Crippen LogP contribution is -2.15. The molecular formula is C11H11F3O2. The Kier molecular flexibility index (Phi) is 3.93. The molecule has 0 spiro atoms. The summed E-state index contributed by atoms with van der Waals surface area (Å²) in [4.78, 5) is 11.0. The lowest BCUT2D eigenvalue weighted by Gasteiger charge is -2.11. The minimum absolute atomic E-state index is 0.0473. The van der Waals surface area contributed by atoms with Crippen LogP contribution in [0.5, 0.6) is 0 Å². The number of aryl methyl sites for hydroxylation is 1. The Morgan fingerprint density at radius 3 is 2.62 bits per heavy atom. The summed E-state index contributed by atoms with van der Waals surface area (Å²) in [6, 6.07) is 2.09. The molecule has 0 heterocycles. The van der Waals surface area contributed by atoms with Crippen LogP contribution in [-0.4, -0.2) is 12.6 Å². The van der Waals surface area contributed by atoms with Gasteiger partial charge in [-0.1, -0.05) is 6.07 Å². The number of alkyl halides is 1. The van der Waals surface area contributed by atoms with Crippen LogP contribution in [0, 0.1) is 18.6 Å². The second kappa shape index (κ2) is 5.01. The van der Waals surface area contributed by atoms with Crippen molar-refractivity contribution in [3.63, 3.8) is 0 Å². The molecule has 0 aliphatic carbocycles. The van der Waals surface area contributed by atoms with Crippen molar-refractivity contribution in [3.8, 4) is 0 Å². The first-order valence-electron chi connectivity index (χ1n) is 4.74. The number of rotatable bonds is 3.